The van der Waals surface area contributed by atoms with Crippen LogP contribution < -0.4 is 10.1 Å². The zero-order chi connectivity index (χ0) is 21.0. The Labute approximate surface area is 188 Å². The lowest BCUT2D eigenvalue weighted by molar-refractivity contribution is -0.118. The predicted octanol–water partition coefficient (Wildman–Crippen LogP) is 5.41. The fourth-order valence-electron chi connectivity index (χ4n) is 3.36. The fourth-order valence-corrected chi connectivity index (χ4v) is 4.91. The lowest BCUT2D eigenvalue weighted by Crippen LogP contribution is -2.38. The molecule has 2 amide bonds. The molecule has 1 aliphatic heterocycles. The first-order chi connectivity index (χ1) is 13.8. The smallest absolute Gasteiger partial charge is 0.262 e. The van der Waals surface area contributed by atoms with E-state index >= 15 is 0 Å². The molecule has 0 unspecified atom stereocenters. The van der Waals surface area contributed by atoms with E-state index in [1.807, 2.05) is 30.0 Å². The Morgan fingerprint density at radius 1 is 1.17 bits per heavy atom. The molecule has 2 aromatic carbocycles. The van der Waals surface area contributed by atoms with Crippen LogP contribution in [0.25, 0.3) is 0 Å². The molecule has 0 saturated carbocycles. The molecule has 1 fully saturated rings. The second kappa shape index (κ2) is 9.76. The normalized spacial score (nSPS) is 14.6. The van der Waals surface area contributed by atoms with Crippen LogP contribution in [0.5, 0.6) is 5.75 Å². The summed E-state index contributed by atoms with van der Waals surface area (Å²) >= 11 is 6.89. The molecule has 0 bridgehead atoms. The summed E-state index contributed by atoms with van der Waals surface area (Å²) in [5.74, 6) is 0.912. The Hall–Kier alpha value is -1.86. The second-order valence-corrected chi connectivity index (χ2v) is 9.16. The van der Waals surface area contributed by atoms with E-state index in [2.05, 4.69) is 44.1 Å². The van der Waals surface area contributed by atoms with Gasteiger partial charge in [0.2, 0.25) is 0 Å². The maximum absolute atomic E-state index is 12.9. The summed E-state index contributed by atoms with van der Waals surface area (Å²) in [4.78, 5) is 27.3. The number of benzene rings is 2. The van der Waals surface area contributed by atoms with E-state index in [-0.39, 0.29) is 18.4 Å². The summed E-state index contributed by atoms with van der Waals surface area (Å²) in [6, 6.07) is 10.9. The Kier molecular flexibility index (Phi) is 7.35. The monoisotopic (exact) mass is 522 g/mol. The van der Waals surface area contributed by atoms with E-state index < -0.39 is 0 Å². The number of amides is 2. The average Bonchev–Trinajstić information content (AvgIpc) is 2.67. The number of piperidine rings is 1. The summed E-state index contributed by atoms with van der Waals surface area (Å²) in [7, 11) is 0. The van der Waals surface area contributed by atoms with Crippen molar-refractivity contribution < 1.29 is 14.3 Å². The van der Waals surface area contributed by atoms with Crippen LogP contribution in [-0.2, 0) is 4.79 Å². The molecule has 2 aromatic rings. The van der Waals surface area contributed by atoms with E-state index in [4.69, 9.17) is 4.74 Å². The Morgan fingerprint density at radius 3 is 2.55 bits per heavy atom. The van der Waals surface area contributed by atoms with Gasteiger partial charge in [0, 0.05) is 17.6 Å². The zero-order valence-electron chi connectivity index (χ0n) is 16.5. The van der Waals surface area contributed by atoms with Gasteiger partial charge >= 0.3 is 0 Å². The lowest BCUT2D eigenvalue weighted by atomic mass is 9.98. The number of para-hydroxylation sites is 1. The number of halogens is 2. The van der Waals surface area contributed by atoms with Crippen molar-refractivity contribution in [3.05, 3.63) is 56.5 Å². The van der Waals surface area contributed by atoms with E-state index in [0.717, 1.165) is 40.4 Å². The predicted molar refractivity (Wildman–Crippen MR) is 121 cm³/mol. The molecule has 1 heterocycles. The number of hydrogen-bond acceptors (Lipinski definition) is 3. The van der Waals surface area contributed by atoms with Gasteiger partial charge in [0.15, 0.2) is 6.61 Å². The maximum Gasteiger partial charge on any atom is 0.262 e. The highest BCUT2D eigenvalue weighted by Crippen LogP contribution is 2.32. The van der Waals surface area contributed by atoms with Gasteiger partial charge in [-0.3, -0.25) is 9.59 Å². The van der Waals surface area contributed by atoms with Crippen LogP contribution in [0.2, 0.25) is 0 Å². The highest BCUT2D eigenvalue weighted by molar-refractivity contribution is 9.11. The third-order valence-electron chi connectivity index (χ3n) is 5.04. The van der Waals surface area contributed by atoms with Crippen LogP contribution in [0.4, 0.5) is 5.69 Å². The third-order valence-corrected chi connectivity index (χ3v) is 6.09. The van der Waals surface area contributed by atoms with Crippen LogP contribution in [-0.4, -0.2) is 36.4 Å². The summed E-state index contributed by atoms with van der Waals surface area (Å²) < 4.78 is 7.41. The third kappa shape index (κ3) is 5.60. The summed E-state index contributed by atoms with van der Waals surface area (Å²) in [5, 5.41) is 2.82. The minimum Gasteiger partial charge on any atom is -0.482 e. The number of carbonyl (C=O) groups excluding carboxylic acids is 2. The van der Waals surface area contributed by atoms with E-state index in [1.54, 1.807) is 18.2 Å². The van der Waals surface area contributed by atoms with Gasteiger partial charge in [-0.1, -0.05) is 35.0 Å². The quantitative estimate of drug-likeness (QED) is 0.570. The first kappa shape index (κ1) is 21.8. The molecule has 0 aliphatic carbocycles. The maximum atomic E-state index is 12.9. The van der Waals surface area contributed by atoms with E-state index in [9.17, 15) is 9.59 Å². The van der Waals surface area contributed by atoms with Crippen LogP contribution in [0.3, 0.4) is 0 Å². The van der Waals surface area contributed by atoms with Gasteiger partial charge in [-0.2, -0.15) is 0 Å². The van der Waals surface area contributed by atoms with Crippen LogP contribution in [0.15, 0.2) is 45.3 Å². The van der Waals surface area contributed by atoms with Crippen molar-refractivity contribution in [2.75, 3.05) is 25.0 Å². The number of anilines is 1. The summed E-state index contributed by atoms with van der Waals surface area (Å²) in [5.41, 5.74) is 1.93. The molecule has 0 aromatic heterocycles. The minimum absolute atomic E-state index is 0.0415. The number of hydrogen-bond donors (Lipinski definition) is 1. The first-order valence-corrected chi connectivity index (χ1v) is 11.2. The number of nitrogens with zero attached hydrogens (tertiary/aromatic N) is 1. The number of carbonyl (C=O) groups is 2. The molecular formula is C22H24Br2N2O3. The molecule has 0 radical (unpaired) electrons. The largest absolute Gasteiger partial charge is 0.482 e. The van der Waals surface area contributed by atoms with Gasteiger partial charge in [-0.05, 0) is 71.4 Å². The van der Waals surface area contributed by atoms with Crippen LogP contribution in [0, 0.1) is 12.8 Å². The number of nitrogens with one attached hydrogen (secondary N) is 1. The highest BCUT2D eigenvalue weighted by atomic mass is 79.9. The lowest BCUT2D eigenvalue weighted by Gasteiger charge is -2.30. The molecule has 3 rings (SSSR count). The average molecular weight is 524 g/mol. The van der Waals surface area contributed by atoms with Crippen molar-refractivity contribution in [3.8, 4) is 5.75 Å². The highest BCUT2D eigenvalue weighted by Gasteiger charge is 2.23. The van der Waals surface area contributed by atoms with Gasteiger partial charge in [0.1, 0.15) is 5.75 Å². The van der Waals surface area contributed by atoms with Crippen molar-refractivity contribution in [1.29, 1.82) is 0 Å². The Bertz CT molecular complexity index is 886. The molecule has 154 valence electrons. The first-order valence-electron chi connectivity index (χ1n) is 9.61. The molecule has 0 atom stereocenters. The van der Waals surface area contributed by atoms with Crippen molar-refractivity contribution in [1.82, 2.24) is 4.90 Å². The second-order valence-electron chi connectivity index (χ2n) is 7.39. The van der Waals surface area contributed by atoms with Gasteiger partial charge in [0.25, 0.3) is 11.8 Å². The fraction of sp³-hybridized carbons (Fsp3) is 0.364. The molecular weight excluding hydrogens is 500 g/mol. The van der Waals surface area contributed by atoms with E-state index in [1.165, 1.54) is 0 Å². The molecule has 1 saturated heterocycles. The summed E-state index contributed by atoms with van der Waals surface area (Å²) in [6.07, 6.45) is 2.02. The zero-order valence-corrected chi connectivity index (χ0v) is 19.7. The number of ether oxygens (including phenoxy) is 1. The van der Waals surface area contributed by atoms with Gasteiger partial charge in [-0.25, -0.2) is 0 Å². The molecule has 7 heteroatoms. The van der Waals surface area contributed by atoms with Gasteiger partial charge < -0.3 is 15.0 Å². The van der Waals surface area contributed by atoms with Crippen molar-refractivity contribution in [3.63, 3.8) is 0 Å². The number of rotatable bonds is 5. The topological polar surface area (TPSA) is 58.6 Å². The molecule has 1 aliphatic rings. The van der Waals surface area contributed by atoms with Crippen molar-refractivity contribution >= 4 is 49.4 Å². The van der Waals surface area contributed by atoms with Crippen LogP contribution >= 0.6 is 31.9 Å². The Morgan fingerprint density at radius 2 is 1.86 bits per heavy atom. The molecule has 0 spiro atoms. The number of likely N-dealkylation sites (tertiary alicyclic amines) is 1. The van der Waals surface area contributed by atoms with Crippen molar-refractivity contribution in [2.45, 2.75) is 26.7 Å². The molecule has 5 nitrogen and oxygen atoms in total. The number of aryl methyl sites for hydroxylation is 1. The summed E-state index contributed by atoms with van der Waals surface area (Å²) in [6.45, 7) is 5.48. The van der Waals surface area contributed by atoms with E-state index in [0.29, 0.717) is 22.9 Å². The Balaban J connectivity index is 1.66. The van der Waals surface area contributed by atoms with Crippen LogP contribution in [0.1, 0.15) is 35.7 Å². The SMILES string of the molecule is Cc1cc(Br)cc(Br)c1OCC(=O)Nc1ccccc1C(=O)N1CCC(C)CC1. The standard InChI is InChI=1S/C22H24Br2N2O3/c1-14-7-9-26(10-8-14)22(28)17-5-3-4-6-19(17)25-20(27)13-29-21-15(2)11-16(23)12-18(21)24/h3-6,11-12,14H,7-10,13H2,1-2H3,(H,25,27). The molecule has 29 heavy (non-hydrogen) atoms. The minimum atomic E-state index is -0.313. The molecule has 1 N–H and O–H groups in total. The van der Waals surface area contributed by atoms with Gasteiger partial charge in [-0.15, -0.1) is 0 Å². The van der Waals surface area contributed by atoms with Gasteiger partial charge in [0.05, 0.1) is 15.7 Å². The van der Waals surface area contributed by atoms with Crippen molar-refractivity contribution in [2.24, 2.45) is 5.92 Å².